The van der Waals surface area contributed by atoms with E-state index in [0.717, 1.165) is 31.2 Å². The fourth-order valence-corrected chi connectivity index (χ4v) is 3.70. The summed E-state index contributed by atoms with van der Waals surface area (Å²) < 4.78 is 2.32. The van der Waals surface area contributed by atoms with Crippen molar-refractivity contribution in [3.63, 3.8) is 0 Å². The zero-order valence-corrected chi connectivity index (χ0v) is 18.3. The van der Waals surface area contributed by atoms with E-state index in [4.69, 9.17) is 5.73 Å². The van der Waals surface area contributed by atoms with E-state index in [1.807, 2.05) is 24.3 Å². The standard InChI is InChI=1S/C24H35N3O2/c1-5-8-11-18(23(25)28)16-26-24(29)20-13-10-9-12-19(20)22-21(7-3)27(22)15-14-17(4)6-2/h9-10,12-15,18,21-22H,5-8,11,16H2,1-4H3,(H2-,25,26,28,29)/p+1. The van der Waals surface area contributed by atoms with Gasteiger partial charge in [0.25, 0.3) is 5.91 Å². The first kappa shape index (κ1) is 22.9. The molecule has 3 unspecified atom stereocenters. The number of carbonyl (C=O) groups is 2. The number of hydrogen-bond donors (Lipinski definition) is 2. The molecule has 0 aliphatic carbocycles. The molecule has 1 aliphatic heterocycles. The molecule has 1 aliphatic rings. The van der Waals surface area contributed by atoms with Gasteiger partial charge in [-0.05, 0) is 25.8 Å². The lowest BCUT2D eigenvalue weighted by Gasteiger charge is -2.14. The Labute approximate surface area is 175 Å². The molecular weight excluding hydrogens is 362 g/mol. The third-order valence-corrected chi connectivity index (χ3v) is 5.83. The largest absolute Gasteiger partial charge is 0.369 e. The summed E-state index contributed by atoms with van der Waals surface area (Å²) in [6.45, 7) is 8.82. The molecule has 3 N–H and O–H groups in total. The molecule has 3 atom stereocenters. The van der Waals surface area contributed by atoms with Gasteiger partial charge >= 0.3 is 0 Å². The van der Waals surface area contributed by atoms with Crippen LogP contribution in [-0.4, -0.2) is 35.2 Å². The summed E-state index contributed by atoms with van der Waals surface area (Å²) in [4.78, 5) is 24.6. The first-order valence-electron chi connectivity index (χ1n) is 10.9. The average Bonchev–Trinajstić information content (AvgIpc) is 3.44. The van der Waals surface area contributed by atoms with Gasteiger partial charge in [-0.15, -0.1) is 0 Å². The molecule has 1 aromatic carbocycles. The highest BCUT2D eigenvalue weighted by Crippen LogP contribution is 2.41. The van der Waals surface area contributed by atoms with E-state index < -0.39 is 0 Å². The van der Waals surface area contributed by atoms with Gasteiger partial charge in [-0.25, -0.2) is 4.58 Å². The molecule has 158 valence electrons. The molecule has 5 nitrogen and oxygen atoms in total. The van der Waals surface area contributed by atoms with Gasteiger partial charge in [-0.3, -0.25) is 9.59 Å². The fraction of sp³-hybridized carbons (Fsp3) is 0.542. The Morgan fingerprint density at radius 3 is 2.59 bits per heavy atom. The average molecular weight is 399 g/mol. The lowest BCUT2D eigenvalue weighted by atomic mass is 9.99. The van der Waals surface area contributed by atoms with Crippen LogP contribution < -0.4 is 11.1 Å². The molecule has 29 heavy (non-hydrogen) atoms. The van der Waals surface area contributed by atoms with Gasteiger partial charge in [-0.2, -0.15) is 0 Å². The Morgan fingerprint density at radius 2 is 1.97 bits per heavy atom. The number of nitrogens with one attached hydrogen (secondary N) is 1. The van der Waals surface area contributed by atoms with Crippen molar-refractivity contribution in [2.75, 3.05) is 6.54 Å². The van der Waals surface area contributed by atoms with Crippen LogP contribution in [0, 0.1) is 5.92 Å². The SMILES string of the molecule is CCCCC(CNC(=O)c1ccccc1C1C(CC)[N+]1=CC=C(C)CC)C(N)=O. The predicted octanol–water partition coefficient (Wildman–Crippen LogP) is 3.98. The monoisotopic (exact) mass is 398 g/mol. The summed E-state index contributed by atoms with van der Waals surface area (Å²) in [5.41, 5.74) is 8.57. The molecule has 5 heteroatoms. The second kappa shape index (κ2) is 10.9. The summed E-state index contributed by atoms with van der Waals surface area (Å²) in [6, 6.07) is 8.40. The maximum Gasteiger partial charge on any atom is 0.251 e. The zero-order chi connectivity index (χ0) is 21.4. The zero-order valence-electron chi connectivity index (χ0n) is 18.3. The minimum absolute atomic E-state index is 0.134. The van der Waals surface area contributed by atoms with E-state index in [2.05, 4.69) is 49.9 Å². The summed E-state index contributed by atoms with van der Waals surface area (Å²) in [5.74, 6) is -0.799. The third-order valence-electron chi connectivity index (χ3n) is 5.83. The molecule has 0 saturated carbocycles. The van der Waals surface area contributed by atoms with Crippen molar-refractivity contribution in [3.8, 4) is 0 Å². The molecule has 0 bridgehead atoms. The quantitative estimate of drug-likeness (QED) is 0.437. The molecule has 1 fully saturated rings. The molecule has 2 rings (SSSR count). The van der Waals surface area contributed by atoms with E-state index in [1.165, 1.54) is 5.57 Å². The Balaban J connectivity index is 2.16. The first-order chi connectivity index (χ1) is 13.9. The van der Waals surface area contributed by atoms with E-state index in [-0.39, 0.29) is 23.8 Å². The van der Waals surface area contributed by atoms with Crippen LogP contribution in [0.3, 0.4) is 0 Å². The van der Waals surface area contributed by atoms with Crippen molar-refractivity contribution in [2.24, 2.45) is 11.7 Å². The number of unbranched alkanes of at least 4 members (excludes halogenated alkanes) is 1. The van der Waals surface area contributed by atoms with E-state index in [9.17, 15) is 9.59 Å². The number of primary amides is 1. The Bertz CT molecular complexity index is 782. The highest BCUT2D eigenvalue weighted by molar-refractivity contribution is 5.96. The predicted molar refractivity (Wildman–Crippen MR) is 118 cm³/mol. The van der Waals surface area contributed by atoms with Crippen LogP contribution in [0.4, 0.5) is 0 Å². The lowest BCUT2D eigenvalue weighted by Crippen LogP contribution is -2.36. The molecule has 0 spiro atoms. The maximum atomic E-state index is 12.9. The summed E-state index contributed by atoms with van der Waals surface area (Å²) in [6.07, 6.45) is 9.01. The number of rotatable bonds is 11. The fourth-order valence-electron chi connectivity index (χ4n) is 3.70. The summed E-state index contributed by atoms with van der Waals surface area (Å²) in [5, 5.41) is 2.94. The van der Waals surface area contributed by atoms with Crippen LogP contribution in [-0.2, 0) is 4.79 Å². The molecule has 2 amide bonds. The molecule has 1 heterocycles. The number of allylic oxidation sites excluding steroid dienone is 2. The molecule has 0 aromatic heterocycles. The summed E-state index contributed by atoms with van der Waals surface area (Å²) >= 11 is 0. The molecular formula is C24H36N3O2+. The smallest absolute Gasteiger partial charge is 0.251 e. The number of amides is 2. The van der Waals surface area contributed by atoms with Crippen LogP contribution in [0.15, 0.2) is 35.9 Å². The minimum atomic E-state index is -0.348. The Morgan fingerprint density at radius 1 is 1.24 bits per heavy atom. The molecule has 1 saturated heterocycles. The molecule has 0 radical (unpaired) electrons. The number of nitrogens with zero attached hydrogens (tertiary/aromatic N) is 1. The van der Waals surface area contributed by atoms with E-state index in [1.54, 1.807) is 0 Å². The van der Waals surface area contributed by atoms with Crippen molar-refractivity contribution in [1.82, 2.24) is 5.32 Å². The van der Waals surface area contributed by atoms with Gasteiger partial charge < -0.3 is 11.1 Å². The van der Waals surface area contributed by atoms with Crippen molar-refractivity contribution in [1.29, 1.82) is 0 Å². The van der Waals surface area contributed by atoms with Crippen LogP contribution in [0.5, 0.6) is 0 Å². The van der Waals surface area contributed by atoms with Gasteiger partial charge in [0.05, 0.1) is 5.92 Å². The highest BCUT2D eigenvalue weighted by Gasteiger charge is 2.55. The topological polar surface area (TPSA) is 75.2 Å². The van der Waals surface area contributed by atoms with E-state index in [0.29, 0.717) is 24.6 Å². The van der Waals surface area contributed by atoms with Gasteiger partial charge in [0.1, 0.15) is 0 Å². The third kappa shape index (κ3) is 6.02. The number of hydrogen-bond acceptors (Lipinski definition) is 2. The van der Waals surface area contributed by atoms with Gasteiger partial charge in [0.15, 0.2) is 6.21 Å². The van der Waals surface area contributed by atoms with E-state index >= 15 is 0 Å². The number of nitrogens with two attached hydrogens (primary N) is 1. The summed E-state index contributed by atoms with van der Waals surface area (Å²) in [7, 11) is 0. The van der Waals surface area contributed by atoms with Gasteiger partial charge in [-0.1, -0.05) is 57.4 Å². The van der Waals surface area contributed by atoms with Crippen LogP contribution >= 0.6 is 0 Å². The maximum absolute atomic E-state index is 12.9. The Hall–Kier alpha value is -2.43. The van der Waals surface area contributed by atoms with Crippen molar-refractivity contribution in [3.05, 3.63) is 47.0 Å². The number of benzene rings is 1. The van der Waals surface area contributed by atoms with Crippen LogP contribution in [0.25, 0.3) is 0 Å². The van der Waals surface area contributed by atoms with Gasteiger partial charge in [0.2, 0.25) is 18.0 Å². The first-order valence-corrected chi connectivity index (χ1v) is 10.9. The highest BCUT2D eigenvalue weighted by atomic mass is 16.2. The number of carbonyl (C=O) groups excluding carboxylic acids is 2. The van der Waals surface area contributed by atoms with Crippen molar-refractivity contribution < 1.29 is 14.2 Å². The normalized spacial score (nSPS) is 21.1. The van der Waals surface area contributed by atoms with Crippen molar-refractivity contribution in [2.45, 2.75) is 71.9 Å². The molecule has 1 aromatic rings. The minimum Gasteiger partial charge on any atom is -0.369 e. The van der Waals surface area contributed by atoms with Crippen LogP contribution in [0.2, 0.25) is 0 Å². The van der Waals surface area contributed by atoms with Crippen LogP contribution in [0.1, 0.15) is 81.8 Å². The lowest BCUT2D eigenvalue weighted by molar-refractivity contribution is -0.378. The van der Waals surface area contributed by atoms with Crippen molar-refractivity contribution >= 4 is 18.0 Å². The Kier molecular flexibility index (Phi) is 8.62. The second-order valence-corrected chi connectivity index (χ2v) is 7.92. The van der Waals surface area contributed by atoms with Gasteiger partial charge in [0, 0.05) is 30.2 Å². The second-order valence-electron chi connectivity index (χ2n) is 7.92.